The van der Waals surface area contributed by atoms with Gasteiger partial charge in [0.25, 0.3) is 0 Å². The molecule has 7 heterocycles. The van der Waals surface area contributed by atoms with E-state index in [-0.39, 0.29) is 48.0 Å². The summed E-state index contributed by atoms with van der Waals surface area (Å²) in [5.41, 5.74) is 2.60. The van der Waals surface area contributed by atoms with Crippen LogP contribution in [0.25, 0.3) is 11.1 Å². The third kappa shape index (κ3) is 10.4. The lowest BCUT2D eigenvalue weighted by molar-refractivity contribution is -0.697. The molecular formula is C28H34I2N2S8. The number of hydrogen-bond acceptors (Lipinski definition) is 8. The van der Waals surface area contributed by atoms with Gasteiger partial charge in [0.05, 0.1) is 25.4 Å². The Morgan fingerprint density at radius 1 is 0.525 bits per heavy atom. The molecule has 0 radical (unpaired) electrons. The van der Waals surface area contributed by atoms with Gasteiger partial charge in [-0.1, -0.05) is 47.0 Å². The topological polar surface area (TPSA) is 7.76 Å². The van der Waals surface area contributed by atoms with Crippen LogP contribution < -0.4 is 57.1 Å². The minimum atomic E-state index is 0. The van der Waals surface area contributed by atoms with Crippen molar-refractivity contribution in [2.45, 2.75) is 51.6 Å². The number of nitrogens with zero attached hydrogens (tertiary/aromatic N) is 2. The van der Waals surface area contributed by atoms with E-state index in [1.807, 2.05) is 70.6 Å². The van der Waals surface area contributed by atoms with Crippen molar-refractivity contribution in [1.82, 2.24) is 0 Å². The molecule has 2 aromatic rings. The van der Waals surface area contributed by atoms with Crippen molar-refractivity contribution in [2.24, 2.45) is 0 Å². The van der Waals surface area contributed by atoms with Crippen LogP contribution in [0.5, 0.6) is 0 Å². The average Bonchev–Trinajstić information content (AvgIpc) is 3.56. The van der Waals surface area contributed by atoms with Crippen LogP contribution >= 0.6 is 94.1 Å². The molecular weight excluding hydrogens is 875 g/mol. The molecule has 0 fully saturated rings. The summed E-state index contributed by atoms with van der Waals surface area (Å²) in [5.74, 6) is 2.42. The van der Waals surface area contributed by atoms with E-state index < -0.39 is 0 Å². The molecule has 8 bridgehead atoms. The molecule has 0 atom stereocenters. The first-order valence-corrected chi connectivity index (χ1v) is 20.7. The Labute approximate surface area is 308 Å². The maximum atomic E-state index is 2.33. The van der Waals surface area contributed by atoms with Crippen LogP contribution in [-0.2, 0) is 13.1 Å². The summed E-state index contributed by atoms with van der Waals surface area (Å²) in [6.07, 6.45) is 21.0. The Morgan fingerprint density at radius 3 is 1.30 bits per heavy atom. The van der Waals surface area contributed by atoms with Crippen LogP contribution in [0.2, 0.25) is 0 Å². The van der Waals surface area contributed by atoms with Crippen molar-refractivity contribution in [1.29, 1.82) is 0 Å². The largest absolute Gasteiger partial charge is 1.00 e. The lowest BCUT2D eigenvalue weighted by atomic mass is 10.1. The molecule has 5 aliphatic heterocycles. The van der Waals surface area contributed by atoms with Gasteiger partial charge in [0.2, 0.25) is 0 Å². The first-order valence-electron chi connectivity index (χ1n) is 13.0. The Bertz CT molecular complexity index is 1110. The van der Waals surface area contributed by atoms with Crippen molar-refractivity contribution in [3.8, 4) is 11.1 Å². The zero-order chi connectivity index (χ0) is 26.2. The Morgan fingerprint density at radius 2 is 0.925 bits per heavy atom. The smallest absolute Gasteiger partial charge is 0.169 e. The number of pyridine rings is 2. The molecule has 0 aromatic carbocycles. The van der Waals surface area contributed by atoms with Gasteiger partial charge < -0.3 is 48.0 Å². The van der Waals surface area contributed by atoms with Crippen molar-refractivity contribution in [2.75, 3.05) is 24.0 Å². The second kappa shape index (κ2) is 19.3. The van der Waals surface area contributed by atoms with Crippen LogP contribution in [0.4, 0.5) is 0 Å². The number of rotatable bonds is 2. The normalized spacial score (nSPS) is 20.9. The number of aromatic nitrogens is 2. The zero-order valence-corrected chi connectivity index (χ0v) is 33.5. The maximum Gasteiger partial charge on any atom is 0.169 e. The highest BCUT2D eigenvalue weighted by Crippen LogP contribution is 2.65. The number of thioether (sulfide) groups is 8. The van der Waals surface area contributed by atoms with Crippen molar-refractivity contribution in [3.05, 3.63) is 74.5 Å². The third-order valence-corrected chi connectivity index (χ3v) is 17.8. The fourth-order valence-electron chi connectivity index (χ4n) is 4.21. The fourth-order valence-corrected chi connectivity index (χ4v) is 15.5. The molecule has 12 heteroatoms. The van der Waals surface area contributed by atoms with E-state index in [9.17, 15) is 0 Å². The molecule has 40 heavy (non-hydrogen) atoms. The first-order chi connectivity index (χ1) is 18.7. The SMILES string of the molecule is CSC1=C2SCCCCC[n+]3ccc(cc3)-c3cc[n+](cc3)CCCCCSC3=C(SC)S/C(=C(/S1)S2)S3.[I-].[I-]. The quantitative estimate of drug-likeness (QED) is 0.328. The van der Waals surface area contributed by atoms with E-state index in [1.54, 1.807) is 0 Å². The highest BCUT2D eigenvalue weighted by molar-refractivity contribution is 8.45. The number of halogens is 2. The van der Waals surface area contributed by atoms with E-state index in [4.69, 9.17) is 0 Å². The molecule has 0 spiro atoms. The van der Waals surface area contributed by atoms with Gasteiger partial charge in [-0.05, 0) is 60.8 Å². The van der Waals surface area contributed by atoms with Crippen LogP contribution in [0.15, 0.2) is 74.5 Å². The minimum Gasteiger partial charge on any atom is -1.00 e. The van der Waals surface area contributed by atoms with Gasteiger partial charge in [0.1, 0.15) is 13.1 Å². The first kappa shape index (κ1) is 36.3. The second-order valence-corrected chi connectivity index (χ2v) is 18.5. The van der Waals surface area contributed by atoms with Crippen LogP contribution in [0.1, 0.15) is 38.5 Å². The summed E-state index contributed by atoms with van der Waals surface area (Å²) in [5, 5.41) is 0. The van der Waals surface area contributed by atoms with E-state index in [1.165, 1.54) is 86.6 Å². The van der Waals surface area contributed by atoms with Gasteiger partial charge in [-0.3, -0.25) is 0 Å². The molecule has 218 valence electrons. The van der Waals surface area contributed by atoms with Crippen molar-refractivity contribution in [3.63, 3.8) is 0 Å². The second-order valence-electron chi connectivity index (χ2n) is 9.01. The molecule has 0 amide bonds. The van der Waals surface area contributed by atoms with Gasteiger partial charge >= 0.3 is 0 Å². The molecule has 0 unspecified atom stereocenters. The average molecular weight is 909 g/mol. The number of aryl methyl sites for hydroxylation is 2. The van der Waals surface area contributed by atoms with Gasteiger partial charge in [0.15, 0.2) is 24.8 Å². The molecule has 0 saturated carbocycles. The van der Waals surface area contributed by atoms with Crippen molar-refractivity contribution >= 4 is 94.1 Å². The maximum absolute atomic E-state index is 2.33. The van der Waals surface area contributed by atoms with Crippen LogP contribution in [0.3, 0.4) is 0 Å². The highest BCUT2D eigenvalue weighted by Gasteiger charge is 2.30. The van der Waals surface area contributed by atoms with Crippen LogP contribution in [-0.4, -0.2) is 24.0 Å². The fraction of sp³-hybridized carbons (Fsp3) is 0.429. The predicted molar refractivity (Wildman–Crippen MR) is 183 cm³/mol. The van der Waals surface area contributed by atoms with Gasteiger partial charge in [-0.25, -0.2) is 9.13 Å². The predicted octanol–water partition coefficient (Wildman–Crippen LogP) is 3.82. The van der Waals surface area contributed by atoms with E-state index in [2.05, 4.69) is 94.2 Å². The van der Waals surface area contributed by atoms with Crippen LogP contribution in [0, 0.1) is 0 Å². The Balaban J connectivity index is 0.00000220. The molecule has 7 rings (SSSR count). The highest BCUT2D eigenvalue weighted by atomic mass is 127. The molecule has 0 aliphatic carbocycles. The summed E-state index contributed by atoms with van der Waals surface area (Å²) < 4.78 is 13.7. The Hall–Kier alpha value is 1.78. The van der Waals surface area contributed by atoms with Crippen molar-refractivity contribution < 1.29 is 57.1 Å². The van der Waals surface area contributed by atoms with Gasteiger partial charge in [0, 0.05) is 37.1 Å². The molecule has 0 saturated heterocycles. The summed E-state index contributed by atoms with van der Waals surface area (Å²) in [6, 6.07) is 9.04. The molecule has 2 aromatic heterocycles. The van der Waals surface area contributed by atoms with E-state index in [0.29, 0.717) is 0 Å². The molecule has 0 N–H and O–H groups in total. The summed E-state index contributed by atoms with van der Waals surface area (Å²) in [6.45, 7) is 2.19. The number of fused-ring (bicyclic) bond motifs is 2. The number of hydrogen-bond donors (Lipinski definition) is 0. The lowest BCUT2D eigenvalue weighted by Gasteiger charge is -2.05. The summed E-state index contributed by atoms with van der Waals surface area (Å²) in [7, 11) is 0. The molecule has 2 nitrogen and oxygen atoms in total. The summed E-state index contributed by atoms with van der Waals surface area (Å²) in [4.78, 5) is 0. The standard InChI is InChI=1S/C28H34N2S8.2HI/c1-31-23-25-33-19-7-3-5-13-29-15-9-21(10-16-29)22-11-17-30(18-12-22)14-6-4-8-20-34-26-24(32-2)36-28(38-26)27(35-23)37-25;;/h9-12,15-18H,3-8,13-14,19-20H2,1-2H3;2*1H/q+2;;/p-2/b28-27+;;. The summed E-state index contributed by atoms with van der Waals surface area (Å²) >= 11 is 16.0. The monoisotopic (exact) mass is 908 g/mol. The third-order valence-electron chi connectivity index (χ3n) is 6.32. The van der Waals surface area contributed by atoms with Gasteiger partial charge in [-0.2, -0.15) is 0 Å². The minimum absolute atomic E-state index is 0. The van der Waals surface area contributed by atoms with E-state index in [0.717, 1.165) is 13.1 Å². The van der Waals surface area contributed by atoms with Gasteiger partial charge in [-0.15, -0.1) is 47.0 Å². The Kier molecular flexibility index (Phi) is 17.5. The zero-order valence-electron chi connectivity index (χ0n) is 22.6. The lowest BCUT2D eigenvalue weighted by Crippen LogP contribution is -3.00. The molecule has 5 aliphatic rings. The van der Waals surface area contributed by atoms with E-state index >= 15 is 0 Å².